The molecular weight excluding hydrogens is 659 g/mol. The van der Waals surface area contributed by atoms with Gasteiger partial charge in [-0.15, -0.1) is 0 Å². The summed E-state index contributed by atoms with van der Waals surface area (Å²) in [5.41, 5.74) is 6.11. The van der Waals surface area contributed by atoms with Crippen molar-refractivity contribution >= 4 is 28.8 Å². The average molecular weight is 703 g/mol. The maximum absolute atomic E-state index is 14.7. The number of phenols is 1. The van der Waals surface area contributed by atoms with E-state index in [1.54, 1.807) is 10.7 Å². The van der Waals surface area contributed by atoms with Gasteiger partial charge in [-0.25, -0.2) is 9.37 Å². The van der Waals surface area contributed by atoms with Crippen LogP contribution in [-0.2, 0) is 18.3 Å². The summed E-state index contributed by atoms with van der Waals surface area (Å²) in [4.78, 5) is 35.5. The van der Waals surface area contributed by atoms with Gasteiger partial charge in [0.2, 0.25) is 5.91 Å². The van der Waals surface area contributed by atoms with E-state index in [2.05, 4.69) is 33.7 Å². The lowest BCUT2D eigenvalue weighted by Gasteiger charge is -2.53. The van der Waals surface area contributed by atoms with Crippen molar-refractivity contribution in [3.63, 3.8) is 0 Å². The van der Waals surface area contributed by atoms with Crippen LogP contribution in [0.1, 0.15) is 102 Å². The van der Waals surface area contributed by atoms with Crippen LogP contribution in [-0.4, -0.2) is 55.0 Å². The van der Waals surface area contributed by atoms with Crippen molar-refractivity contribution in [2.24, 2.45) is 35.2 Å². The zero-order chi connectivity index (χ0) is 35.9. The minimum Gasteiger partial charge on any atom is -0.508 e. The highest BCUT2D eigenvalue weighted by Gasteiger charge is 2.56. The van der Waals surface area contributed by atoms with Crippen molar-refractivity contribution in [1.82, 2.24) is 14.8 Å². The number of benzene rings is 3. The Bertz CT molecular complexity index is 2130. The van der Waals surface area contributed by atoms with Gasteiger partial charge in [-0.2, -0.15) is 5.10 Å². The van der Waals surface area contributed by atoms with Gasteiger partial charge in [-0.3, -0.25) is 19.3 Å². The minimum atomic E-state index is -0.491. The number of aryl methyl sites for hydroxylation is 1. The van der Waals surface area contributed by atoms with E-state index in [-0.39, 0.29) is 41.4 Å². The second-order valence-electron chi connectivity index (χ2n) is 15.8. The van der Waals surface area contributed by atoms with E-state index in [0.29, 0.717) is 58.2 Å². The first kappa shape index (κ1) is 33.0. The maximum Gasteiger partial charge on any atom is 0.224 e. The number of nitrogens with one attached hydrogen (secondary N) is 2. The number of halogens is 1. The molecule has 2 fully saturated rings. The second kappa shape index (κ2) is 12.4. The molecule has 0 bridgehead atoms. The van der Waals surface area contributed by atoms with Crippen LogP contribution in [0.4, 0.5) is 15.8 Å². The van der Waals surface area contributed by atoms with Crippen LogP contribution in [0.15, 0.2) is 65.9 Å². The molecule has 2 saturated carbocycles. The summed E-state index contributed by atoms with van der Waals surface area (Å²) in [6.07, 6.45) is 7.00. The monoisotopic (exact) mass is 702 g/mol. The number of hydrogen-bond donors (Lipinski definition) is 4. The van der Waals surface area contributed by atoms with Gasteiger partial charge in [0.05, 0.1) is 23.8 Å². The van der Waals surface area contributed by atoms with Crippen LogP contribution in [0, 0.1) is 29.0 Å². The van der Waals surface area contributed by atoms with Crippen LogP contribution in [0.3, 0.4) is 0 Å². The summed E-state index contributed by atoms with van der Waals surface area (Å²) in [6, 6.07) is 15.7. The molecule has 52 heavy (non-hydrogen) atoms. The fraction of sp³-hybridized carbons (Fsp3) is 0.439. The summed E-state index contributed by atoms with van der Waals surface area (Å²) in [6.45, 7) is 2.21. The lowest BCUT2D eigenvalue weighted by Crippen LogP contribution is -2.47. The predicted octanol–water partition coefficient (Wildman–Crippen LogP) is 6.46. The van der Waals surface area contributed by atoms with Gasteiger partial charge in [0.1, 0.15) is 30.3 Å². The molecule has 2 aliphatic heterocycles. The molecule has 11 heteroatoms. The number of anilines is 2. The number of hydrogen-bond acceptors (Lipinski definition) is 8. The number of aliphatic hydroxyl groups is 1. The molecular formula is C41H43FN6O4. The van der Waals surface area contributed by atoms with Crippen LogP contribution < -0.4 is 10.6 Å². The number of fused-ring (bicyclic) bond motifs is 5. The third-order valence-electron chi connectivity index (χ3n) is 13.1. The number of amides is 1. The molecule has 1 amide bonds. The zero-order valence-corrected chi connectivity index (χ0v) is 29.3. The molecule has 0 radical (unpaired) electrons. The summed E-state index contributed by atoms with van der Waals surface area (Å²) in [5.74, 6) is 1.25. The largest absolute Gasteiger partial charge is 0.508 e. The fourth-order valence-corrected chi connectivity index (χ4v) is 10.7. The number of carbonyl (C=O) groups is 2. The number of aromatic hydroxyl groups is 1. The second-order valence-corrected chi connectivity index (χ2v) is 15.8. The maximum atomic E-state index is 14.7. The number of aliphatic imine (C=N–C) groups is 1. The SMILES string of the molecule is Cn1ncnc1[C@H]1C2=NCC(=O)c3cc(F)cc(c32)NC1c1ccc(NC(=O)CCC2Cc3cc(O)ccc3C3CC[C@@]4(C)C(CC[C@@H]4O)[C@H]23)cc1. The Balaban J connectivity index is 0.940. The highest BCUT2D eigenvalue weighted by molar-refractivity contribution is 6.21. The molecule has 4 N–H and O–H groups in total. The topological polar surface area (TPSA) is 142 Å². The third-order valence-corrected chi connectivity index (χ3v) is 13.1. The Morgan fingerprint density at radius 1 is 1.12 bits per heavy atom. The van der Waals surface area contributed by atoms with Gasteiger partial charge >= 0.3 is 0 Å². The Hall–Kier alpha value is -4.90. The molecule has 4 unspecified atom stereocenters. The molecule has 3 heterocycles. The smallest absolute Gasteiger partial charge is 0.224 e. The Morgan fingerprint density at radius 3 is 2.73 bits per heavy atom. The molecule has 8 atom stereocenters. The number of Topliss-reactive ketones (excluding diaryl/α,β-unsaturated/α-hetero) is 1. The van der Waals surface area contributed by atoms with Crippen LogP contribution in [0.5, 0.6) is 5.75 Å². The van der Waals surface area contributed by atoms with Crippen LogP contribution in [0.25, 0.3) is 0 Å². The number of aliphatic hydroxyl groups excluding tert-OH is 1. The van der Waals surface area contributed by atoms with E-state index in [0.717, 1.165) is 44.1 Å². The van der Waals surface area contributed by atoms with Crippen molar-refractivity contribution in [3.05, 3.63) is 100 Å². The average Bonchev–Trinajstić information content (AvgIpc) is 3.69. The van der Waals surface area contributed by atoms with Gasteiger partial charge in [-0.1, -0.05) is 25.1 Å². The van der Waals surface area contributed by atoms with Gasteiger partial charge < -0.3 is 20.8 Å². The number of nitrogens with zero attached hydrogens (tertiary/aromatic N) is 4. The van der Waals surface area contributed by atoms with Gasteiger partial charge in [0, 0.05) is 36.0 Å². The lowest BCUT2D eigenvalue weighted by atomic mass is 9.52. The third kappa shape index (κ3) is 5.26. The normalized spacial score (nSPS) is 30.0. The van der Waals surface area contributed by atoms with Crippen molar-refractivity contribution in [2.75, 3.05) is 17.2 Å². The summed E-state index contributed by atoms with van der Waals surface area (Å²) < 4.78 is 16.4. The quantitative estimate of drug-likeness (QED) is 0.181. The fourth-order valence-electron chi connectivity index (χ4n) is 10.7. The molecule has 3 aromatic carbocycles. The molecule has 9 rings (SSSR count). The molecule has 268 valence electrons. The Labute approximate surface area is 301 Å². The first-order valence-corrected chi connectivity index (χ1v) is 18.5. The van der Waals surface area contributed by atoms with Gasteiger partial charge in [-0.05, 0) is 121 Å². The van der Waals surface area contributed by atoms with E-state index in [4.69, 9.17) is 4.99 Å². The molecule has 0 saturated heterocycles. The van der Waals surface area contributed by atoms with E-state index in [1.165, 1.54) is 29.6 Å². The van der Waals surface area contributed by atoms with Crippen molar-refractivity contribution in [2.45, 2.75) is 75.9 Å². The first-order valence-electron chi connectivity index (χ1n) is 18.5. The van der Waals surface area contributed by atoms with E-state index < -0.39 is 17.8 Å². The first-order chi connectivity index (χ1) is 25.1. The number of aromatic nitrogens is 3. The Kier molecular flexibility index (Phi) is 7.84. The highest BCUT2D eigenvalue weighted by atomic mass is 19.1. The minimum absolute atomic E-state index is 0.0538. The van der Waals surface area contributed by atoms with Crippen LogP contribution >= 0.6 is 0 Å². The van der Waals surface area contributed by atoms with Crippen molar-refractivity contribution in [3.8, 4) is 5.75 Å². The molecule has 4 aromatic rings. The zero-order valence-electron chi connectivity index (χ0n) is 29.3. The van der Waals surface area contributed by atoms with E-state index in [9.17, 15) is 24.2 Å². The summed E-state index contributed by atoms with van der Waals surface area (Å²) >= 11 is 0. The number of rotatable bonds is 6. The summed E-state index contributed by atoms with van der Waals surface area (Å²) in [7, 11) is 1.81. The van der Waals surface area contributed by atoms with Gasteiger partial charge in [0.15, 0.2) is 5.78 Å². The summed E-state index contributed by atoms with van der Waals surface area (Å²) in [5, 5.41) is 32.2. The van der Waals surface area contributed by atoms with Crippen LogP contribution in [0.2, 0.25) is 0 Å². The molecule has 5 aliphatic rings. The van der Waals surface area contributed by atoms with Crippen molar-refractivity contribution in [1.29, 1.82) is 0 Å². The van der Waals surface area contributed by atoms with Crippen molar-refractivity contribution < 1.29 is 24.2 Å². The highest BCUT2D eigenvalue weighted by Crippen LogP contribution is 2.62. The van der Waals surface area contributed by atoms with E-state index in [1.807, 2.05) is 37.4 Å². The predicted molar refractivity (Wildman–Crippen MR) is 194 cm³/mol. The standard InChI is InChI=1S/C41H43FN6O4/c1-41-14-13-28-27-9-8-26(49)16-23(27)15-22(35(28)30(41)10-11-33(41)51)5-12-34(52)46-25-6-3-21(4-7-25)38-37(40-44-20-45-48(40)2)39-36-29(32(50)19-43-39)17-24(42)18-31(36)47-38/h3-4,6-9,16-18,20,22,28,30,33,35,37-38,47,49,51H,5,10-15,19H2,1-2H3,(H,46,52)/t22?,28?,30?,33-,35+,37+,38?,41-/m0/s1. The molecule has 0 spiro atoms. The number of phenolic OH excluding ortho intramolecular Hbond substituents is 1. The molecule has 10 nitrogen and oxygen atoms in total. The Morgan fingerprint density at radius 2 is 1.94 bits per heavy atom. The van der Waals surface area contributed by atoms with E-state index >= 15 is 0 Å². The van der Waals surface area contributed by atoms with Gasteiger partial charge in [0.25, 0.3) is 0 Å². The molecule has 3 aliphatic carbocycles. The number of ketones is 1. The number of carbonyl (C=O) groups excluding carboxylic acids is 2. The lowest BCUT2D eigenvalue weighted by molar-refractivity contribution is -0.116. The molecule has 1 aromatic heterocycles.